The number of aryl methyl sites for hydroxylation is 1. The lowest BCUT2D eigenvalue weighted by molar-refractivity contribution is -0.152. The van der Waals surface area contributed by atoms with Crippen molar-refractivity contribution in [1.82, 2.24) is 15.3 Å². The number of esters is 1. The molecular formula is C33H46N6O5. The molecule has 238 valence electrons. The summed E-state index contributed by atoms with van der Waals surface area (Å²) >= 11 is 0. The summed E-state index contributed by atoms with van der Waals surface area (Å²) in [7, 11) is 3.19. The SMILES string of the molecule is COc1cc(NCc2ccc3nc(N)nc(N)c3c2C)cc(OC)c1OCC[C@H](NC1CCCCC1)C(=O)OC1CCCC1. The number of carbonyl (C=O) groups is 1. The van der Waals surface area contributed by atoms with Crippen LogP contribution in [0.3, 0.4) is 0 Å². The highest BCUT2D eigenvalue weighted by Gasteiger charge is 2.28. The molecule has 2 saturated carbocycles. The number of hydrogen-bond donors (Lipinski definition) is 4. The predicted molar refractivity (Wildman–Crippen MR) is 172 cm³/mol. The molecule has 2 aliphatic rings. The Hall–Kier alpha value is -3.99. The molecule has 0 bridgehead atoms. The minimum Gasteiger partial charge on any atom is -0.493 e. The monoisotopic (exact) mass is 606 g/mol. The van der Waals surface area contributed by atoms with Crippen LogP contribution in [0.4, 0.5) is 17.5 Å². The minimum absolute atomic E-state index is 0.0298. The van der Waals surface area contributed by atoms with Crippen LogP contribution in [0.5, 0.6) is 17.2 Å². The first-order valence-electron chi connectivity index (χ1n) is 15.8. The van der Waals surface area contributed by atoms with Crippen LogP contribution < -0.4 is 36.3 Å². The molecule has 3 aromatic rings. The van der Waals surface area contributed by atoms with Crippen molar-refractivity contribution >= 4 is 34.3 Å². The van der Waals surface area contributed by atoms with E-state index in [1.807, 2.05) is 31.2 Å². The molecule has 0 radical (unpaired) electrons. The molecule has 0 unspecified atom stereocenters. The van der Waals surface area contributed by atoms with Gasteiger partial charge in [0, 0.05) is 42.2 Å². The van der Waals surface area contributed by atoms with E-state index >= 15 is 0 Å². The van der Waals surface area contributed by atoms with Gasteiger partial charge in [-0.2, -0.15) is 4.98 Å². The zero-order valence-corrected chi connectivity index (χ0v) is 26.1. The van der Waals surface area contributed by atoms with Crippen LogP contribution in [0.25, 0.3) is 10.9 Å². The van der Waals surface area contributed by atoms with E-state index in [1.165, 1.54) is 19.3 Å². The number of ether oxygens (including phenoxy) is 4. The molecule has 1 heterocycles. The molecule has 2 aliphatic carbocycles. The van der Waals surface area contributed by atoms with Crippen LogP contribution in [0.2, 0.25) is 0 Å². The van der Waals surface area contributed by atoms with Gasteiger partial charge in [-0.05, 0) is 62.6 Å². The first-order valence-corrected chi connectivity index (χ1v) is 15.8. The number of anilines is 3. The second-order valence-electron chi connectivity index (χ2n) is 11.8. The normalized spacial score (nSPS) is 16.5. The number of benzene rings is 2. The smallest absolute Gasteiger partial charge is 0.323 e. The quantitative estimate of drug-likeness (QED) is 0.188. The standard InChI is InChI=1S/C33H46N6O5/c1-20-21(13-14-25-29(20)31(34)39-33(35)38-25)19-36-23-17-27(41-2)30(28(18-23)42-3)43-16-15-26(37-22-9-5-4-6-10-22)32(40)44-24-11-7-8-12-24/h13-14,17-18,22,24,26,36-37H,4-12,15-16,19H2,1-3H3,(H4,34,35,38,39)/t26-/m0/s1. The summed E-state index contributed by atoms with van der Waals surface area (Å²) in [5.74, 6) is 1.89. The largest absolute Gasteiger partial charge is 0.493 e. The predicted octanol–water partition coefficient (Wildman–Crippen LogP) is 5.28. The summed E-state index contributed by atoms with van der Waals surface area (Å²) in [6.07, 6.45) is 10.4. The average Bonchev–Trinajstić information content (AvgIpc) is 3.53. The van der Waals surface area contributed by atoms with E-state index in [2.05, 4.69) is 20.6 Å². The second-order valence-corrected chi connectivity index (χ2v) is 11.8. The fraction of sp³-hybridized carbons (Fsp3) is 0.545. The van der Waals surface area contributed by atoms with Gasteiger partial charge in [0.1, 0.15) is 18.0 Å². The number of nitrogens with zero attached hydrogens (tertiary/aromatic N) is 2. The lowest BCUT2D eigenvalue weighted by atomic mass is 9.94. The van der Waals surface area contributed by atoms with Crippen molar-refractivity contribution in [2.75, 3.05) is 37.6 Å². The van der Waals surface area contributed by atoms with Crippen LogP contribution in [0.1, 0.15) is 75.3 Å². The summed E-state index contributed by atoms with van der Waals surface area (Å²) in [6, 6.07) is 7.55. The van der Waals surface area contributed by atoms with E-state index in [-0.39, 0.29) is 18.0 Å². The molecule has 44 heavy (non-hydrogen) atoms. The maximum atomic E-state index is 13.2. The number of nitrogen functional groups attached to an aromatic ring is 2. The molecule has 0 amide bonds. The fourth-order valence-electron chi connectivity index (χ4n) is 6.35. The highest BCUT2D eigenvalue weighted by Crippen LogP contribution is 2.41. The van der Waals surface area contributed by atoms with Crippen LogP contribution in [0.15, 0.2) is 24.3 Å². The van der Waals surface area contributed by atoms with Gasteiger partial charge in [-0.3, -0.25) is 4.79 Å². The van der Waals surface area contributed by atoms with Gasteiger partial charge < -0.3 is 41.0 Å². The molecular weight excluding hydrogens is 560 g/mol. The number of hydrogen-bond acceptors (Lipinski definition) is 11. The average molecular weight is 607 g/mol. The van der Waals surface area contributed by atoms with Crippen LogP contribution in [-0.4, -0.2) is 55.0 Å². The van der Waals surface area contributed by atoms with Crippen molar-refractivity contribution in [1.29, 1.82) is 0 Å². The Morgan fingerprint density at radius 1 is 0.977 bits per heavy atom. The van der Waals surface area contributed by atoms with E-state index in [4.69, 9.17) is 30.4 Å². The summed E-state index contributed by atoms with van der Waals surface area (Å²) in [5.41, 5.74) is 15.5. The summed E-state index contributed by atoms with van der Waals surface area (Å²) in [6.45, 7) is 2.82. The number of aromatic nitrogens is 2. The maximum absolute atomic E-state index is 13.2. The number of carbonyl (C=O) groups excluding carboxylic acids is 1. The van der Waals surface area contributed by atoms with Crippen LogP contribution in [-0.2, 0) is 16.1 Å². The van der Waals surface area contributed by atoms with Crippen molar-refractivity contribution < 1.29 is 23.7 Å². The van der Waals surface area contributed by atoms with Gasteiger partial charge in [-0.1, -0.05) is 25.3 Å². The van der Waals surface area contributed by atoms with Crippen molar-refractivity contribution in [3.8, 4) is 17.2 Å². The number of fused-ring (bicyclic) bond motifs is 1. The molecule has 0 spiro atoms. The van der Waals surface area contributed by atoms with Crippen molar-refractivity contribution in [3.63, 3.8) is 0 Å². The van der Waals surface area contributed by atoms with Gasteiger partial charge in [0.05, 0.1) is 26.3 Å². The third kappa shape index (κ3) is 7.56. The Bertz CT molecular complexity index is 1410. The van der Waals surface area contributed by atoms with Crippen LogP contribution >= 0.6 is 0 Å². The van der Waals surface area contributed by atoms with Gasteiger partial charge in [-0.25, -0.2) is 4.98 Å². The summed E-state index contributed by atoms with van der Waals surface area (Å²) in [5, 5.41) is 7.83. The van der Waals surface area contributed by atoms with Gasteiger partial charge in [-0.15, -0.1) is 0 Å². The molecule has 6 N–H and O–H groups in total. The first kappa shape index (κ1) is 31.4. The maximum Gasteiger partial charge on any atom is 0.323 e. The van der Waals surface area contributed by atoms with E-state index < -0.39 is 6.04 Å². The Morgan fingerprint density at radius 2 is 1.66 bits per heavy atom. The number of rotatable bonds is 13. The highest BCUT2D eigenvalue weighted by atomic mass is 16.5. The van der Waals surface area contributed by atoms with Crippen molar-refractivity contribution in [3.05, 3.63) is 35.4 Å². The Labute approximate surface area is 259 Å². The first-order chi connectivity index (χ1) is 21.4. The molecule has 2 aromatic carbocycles. The molecule has 0 aliphatic heterocycles. The van der Waals surface area contributed by atoms with Gasteiger partial charge in [0.25, 0.3) is 0 Å². The van der Waals surface area contributed by atoms with Crippen LogP contribution in [0, 0.1) is 6.92 Å². The van der Waals surface area contributed by atoms with E-state index in [0.717, 1.165) is 60.7 Å². The molecule has 1 atom stereocenters. The Balaban J connectivity index is 1.26. The molecule has 5 rings (SSSR count). The summed E-state index contributed by atoms with van der Waals surface area (Å²) in [4.78, 5) is 21.6. The zero-order valence-electron chi connectivity index (χ0n) is 26.1. The third-order valence-corrected chi connectivity index (χ3v) is 8.79. The Kier molecular flexibility index (Phi) is 10.5. The van der Waals surface area contributed by atoms with E-state index in [0.29, 0.717) is 54.2 Å². The number of methoxy groups -OCH3 is 2. The Morgan fingerprint density at radius 3 is 2.34 bits per heavy atom. The van der Waals surface area contributed by atoms with Gasteiger partial charge in [0.15, 0.2) is 11.5 Å². The van der Waals surface area contributed by atoms with Crippen molar-refractivity contribution in [2.24, 2.45) is 0 Å². The lowest BCUT2D eigenvalue weighted by Gasteiger charge is -2.28. The molecule has 11 heteroatoms. The van der Waals surface area contributed by atoms with Gasteiger partial charge >= 0.3 is 5.97 Å². The highest BCUT2D eigenvalue weighted by molar-refractivity contribution is 5.92. The van der Waals surface area contributed by atoms with E-state index in [1.54, 1.807) is 14.2 Å². The zero-order chi connectivity index (χ0) is 31.1. The molecule has 1 aromatic heterocycles. The molecule has 0 saturated heterocycles. The minimum atomic E-state index is -0.419. The lowest BCUT2D eigenvalue weighted by Crippen LogP contribution is -2.46. The molecule has 2 fully saturated rings. The number of nitrogens with one attached hydrogen (secondary N) is 2. The fourth-order valence-corrected chi connectivity index (χ4v) is 6.35. The van der Waals surface area contributed by atoms with Gasteiger partial charge in [0.2, 0.25) is 11.7 Å². The topological polar surface area (TPSA) is 156 Å². The molecule has 11 nitrogen and oxygen atoms in total. The van der Waals surface area contributed by atoms with E-state index in [9.17, 15) is 4.79 Å². The number of nitrogens with two attached hydrogens (primary N) is 2. The van der Waals surface area contributed by atoms with Crippen molar-refractivity contribution in [2.45, 2.75) is 95.9 Å². The summed E-state index contributed by atoms with van der Waals surface area (Å²) < 4.78 is 23.5. The third-order valence-electron chi connectivity index (χ3n) is 8.79. The second kappa shape index (κ2) is 14.7.